The van der Waals surface area contributed by atoms with Crippen molar-refractivity contribution in [2.45, 2.75) is 12.3 Å². The van der Waals surface area contributed by atoms with E-state index >= 15 is 0 Å². The lowest BCUT2D eigenvalue weighted by Gasteiger charge is -2.35. The molecule has 1 aromatic rings. The maximum atomic E-state index is 12.2. The summed E-state index contributed by atoms with van der Waals surface area (Å²) in [6.07, 6.45) is 1.44. The van der Waals surface area contributed by atoms with Crippen LogP contribution in [0.5, 0.6) is 0 Å². The third kappa shape index (κ3) is 3.49. The van der Waals surface area contributed by atoms with Crippen LogP contribution >= 0.6 is 27.7 Å². The van der Waals surface area contributed by atoms with E-state index in [1.54, 1.807) is 11.8 Å². The topological polar surface area (TPSA) is 93.4 Å². The molecule has 0 saturated carbocycles. The predicted octanol–water partition coefficient (Wildman–Crippen LogP) is 2.07. The molecule has 21 heavy (non-hydrogen) atoms. The highest BCUT2D eigenvalue weighted by molar-refractivity contribution is 9.10. The van der Waals surface area contributed by atoms with E-state index in [2.05, 4.69) is 20.9 Å². The summed E-state index contributed by atoms with van der Waals surface area (Å²) < 4.78 is 24.9. The number of sulfone groups is 1. The van der Waals surface area contributed by atoms with Crippen LogP contribution in [0.1, 0.15) is 6.92 Å². The lowest BCUT2D eigenvalue weighted by Crippen LogP contribution is -2.48. The number of hydrogen-bond acceptors (Lipinski definition) is 7. The summed E-state index contributed by atoms with van der Waals surface area (Å²) in [7, 11) is -3.34. The summed E-state index contributed by atoms with van der Waals surface area (Å²) >= 11 is 4.68. The van der Waals surface area contributed by atoms with Crippen molar-refractivity contribution in [3.05, 3.63) is 26.9 Å². The van der Waals surface area contributed by atoms with Gasteiger partial charge in [0, 0.05) is 40.5 Å². The number of thioether (sulfide) groups is 1. The number of nitrogens with zero attached hydrogens (tertiary/aromatic N) is 3. The Kier molecular flexibility index (Phi) is 5.10. The zero-order valence-electron chi connectivity index (χ0n) is 11.2. The van der Waals surface area contributed by atoms with E-state index in [1.807, 2.05) is 0 Å². The van der Waals surface area contributed by atoms with Gasteiger partial charge in [0.25, 0.3) is 0 Å². The molecule has 1 aliphatic rings. The zero-order chi connectivity index (χ0) is 15.6. The number of rotatable bonds is 4. The van der Waals surface area contributed by atoms with Crippen molar-refractivity contribution >= 4 is 49.0 Å². The lowest BCUT2D eigenvalue weighted by molar-refractivity contribution is -0.384. The number of anilines is 1. The van der Waals surface area contributed by atoms with Crippen LogP contribution in [0.2, 0.25) is 0 Å². The molecule has 2 heterocycles. The molecule has 116 valence electrons. The molecule has 0 aromatic carbocycles. The second-order valence-corrected chi connectivity index (χ2v) is 8.94. The number of halogens is 1. The van der Waals surface area contributed by atoms with Gasteiger partial charge in [-0.1, -0.05) is 6.92 Å². The van der Waals surface area contributed by atoms with Gasteiger partial charge in [0.05, 0.1) is 4.92 Å². The average Bonchev–Trinajstić information content (AvgIpc) is 2.47. The fourth-order valence-corrected chi connectivity index (χ4v) is 5.38. The van der Waals surface area contributed by atoms with Gasteiger partial charge >= 0.3 is 5.69 Å². The molecule has 0 radical (unpaired) electrons. The minimum Gasteiger partial charge on any atom is -0.332 e. The van der Waals surface area contributed by atoms with E-state index < -0.39 is 20.1 Å². The van der Waals surface area contributed by atoms with Crippen LogP contribution in [0.25, 0.3) is 0 Å². The first-order valence-corrected chi connectivity index (χ1v) is 9.89. The molecule has 1 unspecified atom stereocenters. The Bertz CT molecular complexity index is 653. The molecule has 7 nitrogen and oxygen atoms in total. The minimum atomic E-state index is -3.34. The third-order valence-electron chi connectivity index (χ3n) is 3.18. The maximum absolute atomic E-state index is 12.2. The summed E-state index contributed by atoms with van der Waals surface area (Å²) in [6, 6.07) is 1.35. The van der Waals surface area contributed by atoms with Crippen LogP contribution in [0.15, 0.2) is 16.7 Å². The quantitative estimate of drug-likeness (QED) is 0.568. The van der Waals surface area contributed by atoms with Crippen molar-refractivity contribution in [3.63, 3.8) is 0 Å². The van der Waals surface area contributed by atoms with Crippen LogP contribution in [-0.4, -0.2) is 47.5 Å². The van der Waals surface area contributed by atoms with Gasteiger partial charge in [0.1, 0.15) is 5.37 Å². The Hall–Kier alpha value is -0.870. The first-order chi connectivity index (χ1) is 9.86. The fourth-order valence-electron chi connectivity index (χ4n) is 2.09. The molecule has 0 N–H and O–H groups in total. The lowest BCUT2D eigenvalue weighted by atomic mass is 10.3. The van der Waals surface area contributed by atoms with Crippen molar-refractivity contribution in [3.8, 4) is 0 Å². The first-order valence-electron chi connectivity index (χ1n) is 6.22. The minimum absolute atomic E-state index is 0.000940. The zero-order valence-corrected chi connectivity index (χ0v) is 14.4. The standard InChI is InChI=1S/C11H14BrN3O4S2/c1-2-21(18,19)10-7-20-4-3-14(10)11-9(15(16)17)5-8(12)6-13-11/h5-6,10H,2-4,7H2,1H3. The average molecular weight is 396 g/mol. The summed E-state index contributed by atoms with van der Waals surface area (Å²) in [5.41, 5.74) is -0.187. The largest absolute Gasteiger partial charge is 0.332 e. The smallest absolute Gasteiger partial charge is 0.312 e. The van der Waals surface area contributed by atoms with E-state index in [0.717, 1.165) is 0 Å². The van der Waals surface area contributed by atoms with Gasteiger partial charge in [-0.05, 0) is 15.9 Å². The SMILES string of the molecule is CCS(=O)(=O)C1CSCCN1c1ncc(Br)cc1[N+](=O)[O-]. The molecule has 1 fully saturated rings. The Morgan fingerprint density at radius 3 is 2.95 bits per heavy atom. The Morgan fingerprint density at radius 2 is 2.33 bits per heavy atom. The highest BCUT2D eigenvalue weighted by Gasteiger charge is 2.36. The first kappa shape index (κ1) is 16.5. The van der Waals surface area contributed by atoms with Crippen molar-refractivity contribution < 1.29 is 13.3 Å². The van der Waals surface area contributed by atoms with Crippen LogP contribution in [0, 0.1) is 10.1 Å². The van der Waals surface area contributed by atoms with Crippen molar-refractivity contribution in [1.29, 1.82) is 0 Å². The monoisotopic (exact) mass is 395 g/mol. The van der Waals surface area contributed by atoms with Gasteiger partial charge in [-0.15, -0.1) is 0 Å². The van der Waals surface area contributed by atoms with Crippen LogP contribution in [0.3, 0.4) is 0 Å². The molecule has 1 aliphatic heterocycles. The van der Waals surface area contributed by atoms with Gasteiger partial charge < -0.3 is 4.90 Å². The summed E-state index contributed by atoms with van der Waals surface area (Å²) in [6.45, 7) is 2.00. The highest BCUT2D eigenvalue weighted by atomic mass is 79.9. The van der Waals surface area contributed by atoms with Gasteiger partial charge in [0.2, 0.25) is 5.82 Å². The van der Waals surface area contributed by atoms with Gasteiger partial charge in [0.15, 0.2) is 9.84 Å². The van der Waals surface area contributed by atoms with Crippen LogP contribution in [0.4, 0.5) is 11.5 Å². The molecule has 0 bridgehead atoms. The van der Waals surface area contributed by atoms with E-state index in [-0.39, 0.29) is 17.3 Å². The summed E-state index contributed by atoms with van der Waals surface area (Å²) in [5, 5.41) is 10.4. The van der Waals surface area contributed by atoms with E-state index in [9.17, 15) is 18.5 Å². The number of aromatic nitrogens is 1. The van der Waals surface area contributed by atoms with Crippen LogP contribution < -0.4 is 4.90 Å². The maximum Gasteiger partial charge on any atom is 0.312 e. The molecule has 2 rings (SSSR count). The fraction of sp³-hybridized carbons (Fsp3) is 0.545. The predicted molar refractivity (Wildman–Crippen MR) is 86.5 cm³/mol. The summed E-state index contributed by atoms with van der Waals surface area (Å²) in [4.78, 5) is 16.3. The Labute approximate surface area is 135 Å². The second kappa shape index (κ2) is 6.49. The van der Waals surface area contributed by atoms with E-state index in [4.69, 9.17) is 0 Å². The molecule has 10 heteroatoms. The number of nitro groups is 1. The van der Waals surface area contributed by atoms with Gasteiger partial charge in [-0.25, -0.2) is 13.4 Å². The molecule has 1 atom stereocenters. The van der Waals surface area contributed by atoms with Gasteiger partial charge in [-0.3, -0.25) is 10.1 Å². The number of hydrogen-bond donors (Lipinski definition) is 0. The normalized spacial score (nSPS) is 19.5. The van der Waals surface area contributed by atoms with E-state index in [0.29, 0.717) is 22.5 Å². The summed E-state index contributed by atoms with van der Waals surface area (Å²) in [5.74, 6) is 1.22. The second-order valence-electron chi connectivity index (χ2n) is 4.43. The Balaban J connectivity index is 2.50. The molecule has 1 saturated heterocycles. The third-order valence-corrected chi connectivity index (χ3v) is 6.91. The molecule has 0 spiro atoms. The molecule has 0 aliphatic carbocycles. The van der Waals surface area contributed by atoms with Crippen molar-refractivity contribution in [2.75, 3.05) is 28.7 Å². The number of pyridine rings is 1. The molecular weight excluding hydrogens is 382 g/mol. The van der Waals surface area contributed by atoms with Crippen molar-refractivity contribution in [2.24, 2.45) is 0 Å². The van der Waals surface area contributed by atoms with Crippen LogP contribution in [-0.2, 0) is 9.84 Å². The Morgan fingerprint density at radius 1 is 1.62 bits per heavy atom. The molecule has 1 aromatic heterocycles. The van der Waals surface area contributed by atoms with E-state index in [1.165, 1.54) is 24.0 Å². The highest BCUT2D eigenvalue weighted by Crippen LogP contribution is 2.33. The van der Waals surface area contributed by atoms with Crippen molar-refractivity contribution in [1.82, 2.24) is 4.98 Å². The van der Waals surface area contributed by atoms with Gasteiger partial charge in [-0.2, -0.15) is 11.8 Å². The molecular formula is C11H14BrN3O4S2. The molecule has 0 amide bonds.